The molecule has 0 aliphatic carbocycles. The molecular weight excluding hydrogens is 238 g/mol. The third kappa shape index (κ3) is 3.00. The second-order valence-electron chi connectivity index (χ2n) is 4.24. The molecule has 1 aromatic heterocycles. The van der Waals surface area contributed by atoms with Gasteiger partial charge in [0.05, 0.1) is 19.5 Å². The number of methoxy groups -OCH3 is 1. The van der Waals surface area contributed by atoms with Crippen molar-refractivity contribution in [2.75, 3.05) is 24.4 Å². The van der Waals surface area contributed by atoms with Gasteiger partial charge in [-0.2, -0.15) is 4.98 Å². The summed E-state index contributed by atoms with van der Waals surface area (Å²) in [5.41, 5.74) is 0. The lowest BCUT2D eigenvalue weighted by Gasteiger charge is -2.25. The van der Waals surface area contributed by atoms with Crippen LogP contribution in [0.3, 0.4) is 0 Å². The third-order valence-electron chi connectivity index (χ3n) is 3.15. The van der Waals surface area contributed by atoms with Crippen LogP contribution >= 0.6 is 11.6 Å². The van der Waals surface area contributed by atoms with E-state index in [9.17, 15) is 0 Å². The minimum absolute atomic E-state index is 0.551. The van der Waals surface area contributed by atoms with E-state index in [0.29, 0.717) is 11.9 Å². The molecule has 1 saturated heterocycles. The van der Waals surface area contributed by atoms with Crippen LogP contribution in [0.15, 0.2) is 12.4 Å². The second-order valence-corrected chi connectivity index (χ2v) is 4.62. The average molecular weight is 256 g/mol. The first kappa shape index (κ1) is 12.4. The lowest BCUT2D eigenvalue weighted by Crippen LogP contribution is -2.30. The topological polar surface area (TPSA) is 38.2 Å². The van der Waals surface area contributed by atoms with E-state index in [-0.39, 0.29) is 0 Å². The molecule has 1 fully saturated rings. The second kappa shape index (κ2) is 6.05. The molecule has 94 valence electrons. The minimum atomic E-state index is 0.551. The van der Waals surface area contributed by atoms with Crippen molar-refractivity contribution in [3.05, 3.63) is 12.4 Å². The smallest absolute Gasteiger partial charge is 0.233 e. The highest BCUT2D eigenvalue weighted by Crippen LogP contribution is 2.27. The number of hydrogen-bond donors (Lipinski definition) is 0. The van der Waals surface area contributed by atoms with E-state index < -0.39 is 0 Å². The molecule has 0 amide bonds. The number of hydrogen-bond acceptors (Lipinski definition) is 4. The van der Waals surface area contributed by atoms with Crippen LogP contribution in [0.2, 0.25) is 0 Å². The Labute approximate surface area is 107 Å². The largest absolute Gasteiger partial charge is 0.480 e. The van der Waals surface area contributed by atoms with Crippen LogP contribution in [0.1, 0.15) is 25.7 Å². The molecule has 0 aromatic carbocycles. The standard InChI is InChI=1S/C12H18ClN3O/c1-17-12-9-14-8-11(15-12)16-7-3-5-10(16)4-2-6-13/h8-10H,2-7H2,1H3. The summed E-state index contributed by atoms with van der Waals surface area (Å²) >= 11 is 5.75. The zero-order valence-corrected chi connectivity index (χ0v) is 10.9. The van der Waals surface area contributed by atoms with Gasteiger partial charge in [0.15, 0.2) is 5.82 Å². The van der Waals surface area contributed by atoms with E-state index in [1.807, 2.05) is 6.20 Å². The number of halogens is 1. The fraction of sp³-hybridized carbons (Fsp3) is 0.667. The fourth-order valence-electron chi connectivity index (χ4n) is 2.33. The Morgan fingerprint density at radius 3 is 3.18 bits per heavy atom. The number of rotatable bonds is 5. The zero-order valence-electron chi connectivity index (χ0n) is 10.1. The highest BCUT2D eigenvalue weighted by atomic mass is 35.5. The summed E-state index contributed by atoms with van der Waals surface area (Å²) in [6.45, 7) is 1.05. The molecule has 1 atom stereocenters. The third-order valence-corrected chi connectivity index (χ3v) is 3.42. The first-order valence-corrected chi connectivity index (χ1v) is 6.57. The van der Waals surface area contributed by atoms with Crippen LogP contribution in [-0.4, -0.2) is 35.5 Å². The van der Waals surface area contributed by atoms with Gasteiger partial charge in [-0.3, -0.25) is 4.98 Å². The highest BCUT2D eigenvalue weighted by molar-refractivity contribution is 6.17. The van der Waals surface area contributed by atoms with E-state index in [0.717, 1.165) is 31.1 Å². The van der Waals surface area contributed by atoms with Crippen molar-refractivity contribution in [1.29, 1.82) is 0 Å². The Morgan fingerprint density at radius 1 is 1.53 bits per heavy atom. The summed E-state index contributed by atoms with van der Waals surface area (Å²) < 4.78 is 5.11. The fourth-order valence-corrected chi connectivity index (χ4v) is 2.48. The maximum Gasteiger partial charge on any atom is 0.233 e. The molecule has 4 nitrogen and oxygen atoms in total. The van der Waals surface area contributed by atoms with Gasteiger partial charge in [-0.15, -0.1) is 11.6 Å². The van der Waals surface area contributed by atoms with Gasteiger partial charge in [0.25, 0.3) is 0 Å². The van der Waals surface area contributed by atoms with Crippen molar-refractivity contribution < 1.29 is 4.74 Å². The summed E-state index contributed by atoms with van der Waals surface area (Å²) in [5, 5.41) is 0. The molecule has 1 unspecified atom stereocenters. The Hall–Kier alpha value is -1.03. The van der Waals surface area contributed by atoms with Gasteiger partial charge in [-0.25, -0.2) is 0 Å². The number of nitrogens with zero attached hydrogens (tertiary/aromatic N) is 3. The SMILES string of the molecule is COc1cncc(N2CCCC2CCCCl)n1. The number of ether oxygens (including phenoxy) is 1. The summed E-state index contributed by atoms with van der Waals surface area (Å²) in [4.78, 5) is 10.9. The molecule has 5 heteroatoms. The van der Waals surface area contributed by atoms with Gasteiger partial charge < -0.3 is 9.64 Å². The number of anilines is 1. The first-order chi connectivity index (χ1) is 8.35. The summed E-state index contributed by atoms with van der Waals surface area (Å²) in [6, 6.07) is 0.551. The van der Waals surface area contributed by atoms with Crippen LogP contribution in [0.25, 0.3) is 0 Å². The van der Waals surface area contributed by atoms with Gasteiger partial charge in [-0.1, -0.05) is 0 Å². The number of aromatic nitrogens is 2. The Balaban J connectivity index is 2.08. The normalized spacial score (nSPS) is 19.6. The molecule has 0 bridgehead atoms. The predicted molar refractivity (Wildman–Crippen MR) is 68.9 cm³/mol. The molecule has 17 heavy (non-hydrogen) atoms. The lowest BCUT2D eigenvalue weighted by molar-refractivity contribution is 0.395. The van der Waals surface area contributed by atoms with Crippen LogP contribution in [0.5, 0.6) is 5.88 Å². The molecule has 0 saturated carbocycles. The highest BCUT2D eigenvalue weighted by Gasteiger charge is 2.25. The maximum atomic E-state index is 5.75. The molecule has 1 aromatic rings. The van der Waals surface area contributed by atoms with E-state index in [1.54, 1.807) is 13.3 Å². The quantitative estimate of drug-likeness (QED) is 0.758. The lowest BCUT2D eigenvalue weighted by atomic mass is 10.1. The van der Waals surface area contributed by atoms with E-state index in [4.69, 9.17) is 16.3 Å². The van der Waals surface area contributed by atoms with E-state index in [2.05, 4.69) is 14.9 Å². The monoisotopic (exact) mass is 255 g/mol. The van der Waals surface area contributed by atoms with Gasteiger partial charge in [-0.05, 0) is 25.7 Å². The van der Waals surface area contributed by atoms with Gasteiger partial charge >= 0.3 is 0 Å². The van der Waals surface area contributed by atoms with Gasteiger partial charge in [0, 0.05) is 18.5 Å². The molecule has 1 aliphatic rings. The van der Waals surface area contributed by atoms with Crippen molar-refractivity contribution in [2.45, 2.75) is 31.7 Å². The minimum Gasteiger partial charge on any atom is -0.480 e. The van der Waals surface area contributed by atoms with Crippen LogP contribution in [0.4, 0.5) is 5.82 Å². The van der Waals surface area contributed by atoms with E-state index in [1.165, 1.54) is 12.8 Å². The molecule has 0 radical (unpaired) electrons. The molecule has 2 heterocycles. The van der Waals surface area contributed by atoms with E-state index >= 15 is 0 Å². The van der Waals surface area contributed by atoms with Crippen LogP contribution in [0, 0.1) is 0 Å². The van der Waals surface area contributed by atoms with Crippen LogP contribution in [-0.2, 0) is 0 Å². The molecule has 0 N–H and O–H groups in total. The van der Waals surface area contributed by atoms with Crippen molar-refractivity contribution in [1.82, 2.24) is 9.97 Å². The van der Waals surface area contributed by atoms with Crippen LogP contribution < -0.4 is 9.64 Å². The van der Waals surface area contributed by atoms with Gasteiger partial charge in [0.2, 0.25) is 5.88 Å². The average Bonchev–Trinajstić information content (AvgIpc) is 2.84. The molecular formula is C12H18ClN3O. The van der Waals surface area contributed by atoms with Crippen molar-refractivity contribution in [3.8, 4) is 5.88 Å². The maximum absolute atomic E-state index is 5.75. The first-order valence-electron chi connectivity index (χ1n) is 6.04. The number of alkyl halides is 1. The van der Waals surface area contributed by atoms with Crippen molar-refractivity contribution in [2.24, 2.45) is 0 Å². The predicted octanol–water partition coefficient (Wildman–Crippen LogP) is 2.47. The summed E-state index contributed by atoms with van der Waals surface area (Å²) in [5.74, 6) is 2.22. The van der Waals surface area contributed by atoms with Crippen molar-refractivity contribution in [3.63, 3.8) is 0 Å². The molecule has 0 spiro atoms. The summed E-state index contributed by atoms with van der Waals surface area (Å²) in [7, 11) is 1.61. The molecule has 1 aliphatic heterocycles. The zero-order chi connectivity index (χ0) is 12.1. The van der Waals surface area contributed by atoms with Crippen molar-refractivity contribution >= 4 is 17.4 Å². The summed E-state index contributed by atoms with van der Waals surface area (Å²) in [6.07, 6.45) is 8.05. The molecule has 2 rings (SSSR count). The Morgan fingerprint density at radius 2 is 2.41 bits per heavy atom. The Bertz CT molecular complexity index is 361. The Kier molecular flexibility index (Phi) is 4.42. The van der Waals surface area contributed by atoms with Gasteiger partial charge in [0.1, 0.15) is 0 Å².